The van der Waals surface area contributed by atoms with Gasteiger partial charge in [-0.1, -0.05) is 42.5 Å². The van der Waals surface area contributed by atoms with E-state index in [1.165, 1.54) is 0 Å². The van der Waals surface area contributed by atoms with Crippen molar-refractivity contribution in [1.82, 2.24) is 0 Å². The number of rotatable bonds is 4. The maximum atomic E-state index is 6.45. The first-order valence-corrected chi connectivity index (χ1v) is 9.80. The lowest BCUT2D eigenvalue weighted by atomic mass is 10.2. The summed E-state index contributed by atoms with van der Waals surface area (Å²) in [5.74, 6) is 1.25. The molecule has 0 aliphatic rings. The number of anilines is 2. The standard InChI is InChI=1S/C24H28N6.2HI/c1-27(19-12-7-5-8-13-19)23(25)29(3)21-16-11-17-22(18-21)30(4)24(26)28(2)20-14-9-6-10-15-20;;/h5-18,25-26H,1-4H3;2*1H. The zero-order valence-corrected chi connectivity index (χ0v) is 23.1. The molecule has 0 amide bonds. The van der Waals surface area contributed by atoms with E-state index >= 15 is 0 Å². The molecule has 0 aromatic heterocycles. The molecule has 0 heterocycles. The van der Waals surface area contributed by atoms with Gasteiger partial charge in [0.2, 0.25) is 0 Å². The zero-order valence-electron chi connectivity index (χ0n) is 18.8. The molecule has 3 aromatic carbocycles. The molecule has 0 spiro atoms. The Morgan fingerprint density at radius 2 is 0.938 bits per heavy atom. The van der Waals surface area contributed by atoms with Crippen molar-refractivity contribution in [2.45, 2.75) is 0 Å². The van der Waals surface area contributed by atoms with E-state index < -0.39 is 0 Å². The average molecular weight is 656 g/mol. The van der Waals surface area contributed by atoms with Crippen LogP contribution < -0.4 is 69.2 Å². The second-order valence-corrected chi connectivity index (χ2v) is 7.14. The van der Waals surface area contributed by atoms with Gasteiger partial charge in [0.05, 0.1) is 28.2 Å². The van der Waals surface area contributed by atoms with E-state index in [-0.39, 0.29) is 48.0 Å². The topological polar surface area (TPSA) is 64.5 Å². The van der Waals surface area contributed by atoms with E-state index in [2.05, 4.69) is 6.07 Å². The summed E-state index contributed by atoms with van der Waals surface area (Å²) >= 11 is 0. The van der Waals surface area contributed by atoms with Gasteiger partial charge in [0, 0.05) is 6.07 Å². The number of guanidine groups is 2. The number of hydrogen-bond donors (Lipinski definition) is 2. The maximum Gasteiger partial charge on any atom is 0.355 e. The molecule has 3 aromatic rings. The molecule has 0 radical (unpaired) electrons. The van der Waals surface area contributed by atoms with Crippen LogP contribution in [-0.2, 0) is 0 Å². The number of para-hydroxylation sites is 2. The molecule has 32 heavy (non-hydrogen) atoms. The molecule has 0 aliphatic heterocycles. The van der Waals surface area contributed by atoms with Crippen LogP contribution in [0.25, 0.3) is 0 Å². The highest BCUT2D eigenvalue weighted by molar-refractivity contribution is 5.94. The molecule has 4 N–H and O–H groups in total. The van der Waals surface area contributed by atoms with Crippen LogP contribution >= 0.6 is 0 Å². The van der Waals surface area contributed by atoms with Gasteiger partial charge in [-0.05, 0) is 36.4 Å². The van der Waals surface area contributed by atoms with Gasteiger partial charge in [0.1, 0.15) is 22.7 Å². The number of nitrogens with two attached hydrogens (primary N) is 2. The molecule has 170 valence electrons. The summed E-state index contributed by atoms with van der Waals surface area (Å²) in [6.45, 7) is 0. The highest BCUT2D eigenvalue weighted by Crippen LogP contribution is 2.22. The monoisotopic (exact) mass is 656 g/mol. The van der Waals surface area contributed by atoms with Crippen molar-refractivity contribution in [3.8, 4) is 0 Å². The molecular weight excluding hydrogens is 626 g/mol. The van der Waals surface area contributed by atoms with Crippen molar-refractivity contribution >= 4 is 34.7 Å². The number of benzene rings is 3. The van der Waals surface area contributed by atoms with Crippen LogP contribution in [0.1, 0.15) is 0 Å². The van der Waals surface area contributed by atoms with Gasteiger partial charge in [-0.25, -0.2) is 19.0 Å². The Bertz CT molecular complexity index is 985. The van der Waals surface area contributed by atoms with Crippen molar-refractivity contribution in [1.29, 1.82) is 0 Å². The Labute approximate surface area is 224 Å². The molecule has 0 atom stereocenters. The Balaban J connectivity index is 0.00000256. The van der Waals surface area contributed by atoms with E-state index in [1.54, 1.807) is 0 Å². The summed E-state index contributed by atoms with van der Waals surface area (Å²) < 4.78 is 3.92. The Kier molecular flexibility index (Phi) is 10.9. The van der Waals surface area contributed by atoms with Crippen molar-refractivity contribution < 1.29 is 57.1 Å². The van der Waals surface area contributed by atoms with Crippen LogP contribution in [0.2, 0.25) is 0 Å². The molecular formula is C24H30I2N6. The predicted molar refractivity (Wildman–Crippen MR) is 126 cm³/mol. The van der Waals surface area contributed by atoms with Gasteiger partial charge < -0.3 is 48.0 Å². The molecule has 6 nitrogen and oxygen atoms in total. The van der Waals surface area contributed by atoms with Gasteiger partial charge in [0.15, 0.2) is 0 Å². The summed E-state index contributed by atoms with van der Waals surface area (Å²) in [4.78, 5) is 3.92. The van der Waals surface area contributed by atoms with E-state index in [9.17, 15) is 0 Å². The highest BCUT2D eigenvalue weighted by atomic mass is 127. The van der Waals surface area contributed by atoms with Gasteiger partial charge in [-0.2, -0.15) is 0 Å². The van der Waals surface area contributed by atoms with Crippen molar-refractivity contribution in [2.24, 2.45) is 11.5 Å². The van der Waals surface area contributed by atoms with Crippen molar-refractivity contribution in [3.63, 3.8) is 0 Å². The Morgan fingerprint density at radius 1 is 0.594 bits per heavy atom. The summed E-state index contributed by atoms with van der Waals surface area (Å²) in [5.41, 5.74) is 16.9. The number of hydrogen-bond acceptors (Lipinski definition) is 0. The molecule has 0 unspecified atom stereocenters. The van der Waals surface area contributed by atoms with Gasteiger partial charge in [-0.3, -0.25) is 11.5 Å². The molecule has 0 saturated carbocycles. The molecule has 8 heteroatoms. The Hall–Kier alpha value is -2.34. The van der Waals surface area contributed by atoms with Gasteiger partial charge >= 0.3 is 11.9 Å². The van der Waals surface area contributed by atoms with Crippen LogP contribution in [0.15, 0.2) is 84.9 Å². The third-order valence-corrected chi connectivity index (χ3v) is 5.27. The van der Waals surface area contributed by atoms with Crippen LogP contribution in [0.4, 0.5) is 22.7 Å². The first-order valence-electron chi connectivity index (χ1n) is 9.80. The minimum Gasteiger partial charge on any atom is -1.00 e. The smallest absolute Gasteiger partial charge is 0.355 e. The lowest BCUT2D eigenvalue weighted by molar-refractivity contribution is -0.407. The quantitative estimate of drug-likeness (QED) is 0.138. The molecule has 0 aliphatic carbocycles. The zero-order chi connectivity index (χ0) is 21.7. The minimum absolute atomic E-state index is 0. The third kappa shape index (κ3) is 6.35. The molecule has 0 fully saturated rings. The average Bonchev–Trinajstić information content (AvgIpc) is 2.82. The second kappa shape index (κ2) is 12.6. The SMILES string of the molecule is CN(C(N)=[N+](C)c1ccccc1)c1cccc(N(C)C(N)=[N+](C)c2ccccc2)c1.[I-].[I-]. The number of halogens is 2. The van der Waals surface area contributed by atoms with Crippen molar-refractivity contribution in [2.75, 3.05) is 38.0 Å². The van der Waals surface area contributed by atoms with Crippen LogP contribution in [0.5, 0.6) is 0 Å². The largest absolute Gasteiger partial charge is 1.00 e. The maximum absolute atomic E-state index is 6.45. The lowest BCUT2D eigenvalue weighted by Gasteiger charge is -2.18. The van der Waals surface area contributed by atoms with Crippen molar-refractivity contribution in [3.05, 3.63) is 84.9 Å². The minimum atomic E-state index is 0. The van der Waals surface area contributed by atoms with Crippen LogP contribution in [0, 0.1) is 0 Å². The number of nitrogens with zero attached hydrogens (tertiary/aromatic N) is 4. The van der Waals surface area contributed by atoms with Crippen LogP contribution in [-0.4, -0.2) is 49.3 Å². The molecule has 0 bridgehead atoms. The second-order valence-electron chi connectivity index (χ2n) is 7.14. The summed E-state index contributed by atoms with van der Waals surface area (Å²) in [7, 11) is 7.82. The molecule has 0 saturated heterocycles. The first kappa shape index (κ1) is 27.7. The first-order chi connectivity index (χ1) is 14.4. The van der Waals surface area contributed by atoms with Gasteiger partial charge in [0.25, 0.3) is 0 Å². The third-order valence-electron chi connectivity index (χ3n) is 5.27. The fraction of sp³-hybridized carbons (Fsp3) is 0.167. The fourth-order valence-corrected chi connectivity index (χ4v) is 3.19. The van der Waals surface area contributed by atoms with E-state index in [0.717, 1.165) is 22.7 Å². The summed E-state index contributed by atoms with van der Waals surface area (Å²) in [5, 5.41) is 0. The van der Waals surface area contributed by atoms with Gasteiger partial charge in [-0.15, -0.1) is 0 Å². The summed E-state index contributed by atoms with van der Waals surface area (Å²) in [6.07, 6.45) is 0. The predicted octanol–water partition coefficient (Wildman–Crippen LogP) is -2.86. The fourth-order valence-electron chi connectivity index (χ4n) is 3.19. The van der Waals surface area contributed by atoms with Crippen LogP contribution in [0.3, 0.4) is 0 Å². The summed E-state index contributed by atoms with van der Waals surface area (Å²) in [6, 6.07) is 28.2. The van der Waals surface area contributed by atoms with E-state index in [1.807, 2.05) is 126 Å². The van der Waals surface area contributed by atoms with E-state index in [0.29, 0.717) is 11.9 Å². The lowest BCUT2D eigenvalue weighted by Crippen LogP contribution is -3.00. The van der Waals surface area contributed by atoms with E-state index in [4.69, 9.17) is 11.5 Å². The Morgan fingerprint density at radius 3 is 1.28 bits per heavy atom. The highest BCUT2D eigenvalue weighted by Gasteiger charge is 2.20. The normalized spacial score (nSPS) is 11.9. The molecule has 3 rings (SSSR count).